The fraction of sp³-hybridized carbons (Fsp3) is 0.0652. The fourth-order valence-electron chi connectivity index (χ4n) is 7.92. The largest absolute Gasteiger partial charge is 0.309 e. The molecule has 7 aromatic carbocycles. The number of hydrogen-bond acceptors (Lipinski definition) is 2. The molecule has 1 aliphatic carbocycles. The molecule has 10 rings (SSSR count). The van der Waals surface area contributed by atoms with Crippen molar-refractivity contribution >= 4 is 43.4 Å². The zero-order valence-electron chi connectivity index (χ0n) is 27.3. The van der Waals surface area contributed by atoms with E-state index in [9.17, 15) is 0 Å². The Morgan fingerprint density at radius 3 is 1.82 bits per heavy atom. The predicted molar refractivity (Wildman–Crippen MR) is 208 cm³/mol. The molecule has 2 heterocycles. The summed E-state index contributed by atoms with van der Waals surface area (Å²) in [5.74, 6) is 0. The first-order valence-electron chi connectivity index (χ1n) is 16.9. The minimum absolute atomic E-state index is 0.0349. The Hall–Kier alpha value is -5.77. The van der Waals surface area contributed by atoms with Crippen LogP contribution in [0.3, 0.4) is 0 Å². The second kappa shape index (κ2) is 10.6. The van der Waals surface area contributed by atoms with Gasteiger partial charge in [0.15, 0.2) is 0 Å². The summed E-state index contributed by atoms with van der Waals surface area (Å²) in [4.78, 5) is 4.88. The van der Waals surface area contributed by atoms with Gasteiger partial charge in [0.05, 0.1) is 21.3 Å². The van der Waals surface area contributed by atoms with Gasteiger partial charge in [-0.25, -0.2) is 4.98 Å². The first-order valence-corrected chi connectivity index (χ1v) is 17.7. The van der Waals surface area contributed by atoms with E-state index in [0.29, 0.717) is 0 Å². The van der Waals surface area contributed by atoms with E-state index < -0.39 is 0 Å². The number of benzene rings is 7. The van der Waals surface area contributed by atoms with Crippen LogP contribution in [0.5, 0.6) is 0 Å². The van der Waals surface area contributed by atoms with Crippen molar-refractivity contribution in [2.75, 3.05) is 0 Å². The number of hydrogen-bond donors (Lipinski definition) is 0. The normalized spacial score (nSPS) is 13.3. The molecule has 49 heavy (non-hydrogen) atoms. The van der Waals surface area contributed by atoms with Crippen LogP contribution in [0.4, 0.5) is 0 Å². The Bertz CT molecular complexity index is 2700. The van der Waals surface area contributed by atoms with Crippen LogP contribution in [0.25, 0.3) is 81.7 Å². The number of para-hydroxylation sites is 2. The maximum Gasteiger partial charge on any atom is 0.124 e. The summed E-state index contributed by atoms with van der Waals surface area (Å²) >= 11 is 1.74. The molecule has 0 radical (unpaired) electrons. The number of thiazole rings is 1. The van der Waals surface area contributed by atoms with Crippen LogP contribution in [-0.2, 0) is 5.41 Å². The van der Waals surface area contributed by atoms with Gasteiger partial charge in [-0.3, -0.25) is 0 Å². The monoisotopic (exact) mass is 644 g/mol. The summed E-state index contributed by atoms with van der Waals surface area (Å²) in [6, 6.07) is 57.7. The van der Waals surface area contributed by atoms with Crippen molar-refractivity contribution in [2.24, 2.45) is 0 Å². The van der Waals surface area contributed by atoms with Crippen molar-refractivity contribution in [3.05, 3.63) is 169 Å². The topological polar surface area (TPSA) is 17.8 Å². The average Bonchev–Trinajstić information content (AvgIpc) is 3.80. The van der Waals surface area contributed by atoms with E-state index in [1.165, 1.54) is 76.7 Å². The van der Waals surface area contributed by atoms with Gasteiger partial charge in [-0.2, -0.15) is 0 Å². The van der Waals surface area contributed by atoms with Gasteiger partial charge in [0.25, 0.3) is 0 Å². The van der Waals surface area contributed by atoms with Crippen LogP contribution in [0.15, 0.2) is 158 Å². The minimum atomic E-state index is -0.0349. The molecule has 0 spiro atoms. The highest BCUT2D eigenvalue weighted by Gasteiger charge is 2.35. The molecule has 0 unspecified atom stereocenters. The molecule has 0 saturated heterocycles. The molecule has 0 saturated carbocycles. The quantitative estimate of drug-likeness (QED) is 0.186. The number of nitrogens with zero attached hydrogens (tertiary/aromatic N) is 2. The summed E-state index contributed by atoms with van der Waals surface area (Å²) in [6.07, 6.45) is 0. The molecule has 0 bridgehead atoms. The first kappa shape index (κ1) is 28.3. The van der Waals surface area contributed by atoms with E-state index >= 15 is 0 Å². The number of fused-ring (bicyclic) bond motifs is 7. The molecule has 232 valence electrons. The molecule has 0 fully saturated rings. The molecule has 2 aromatic heterocycles. The molecule has 0 aliphatic heterocycles. The van der Waals surface area contributed by atoms with E-state index in [-0.39, 0.29) is 5.41 Å². The van der Waals surface area contributed by atoms with Crippen molar-refractivity contribution in [3.8, 4) is 49.6 Å². The lowest BCUT2D eigenvalue weighted by Gasteiger charge is -2.22. The van der Waals surface area contributed by atoms with E-state index in [2.05, 4.69) is 170 Å². The lowest BCUT2D eigenvalue weighted by molar-refractivity contribution is 0.660. The maximum atomic E-state index is 4.88. The van der Waals surface area contributed by atoms with Crippen LogP contribution in [0, 0.1) is 0 Å². The third-order valence-corrected chi connectivity index (χ3v) is 11.5. The summed E-state index contributed by atoms with van der Waals surface area (Å²) in [5.41, 5.74) is 16.2. The second-order valence-electron chi connectivity index (χ2n) is 13.6. The van der Waals surface area contributed by atoms with Gasteiger partial charge < -0.3 is 4.57 Å². The van der Waals surface area contributed by atoms with Gasteiger partial charge in [0.2, 0.25) is 0 Å². The SMILES string of the molecule is CC1(C)c2ccccc2-c2ccc(-c3ccc4c(c3)c3cc(-c5ccc(-c6nc7ccccc7s6)cc5)ccc3n4-c3ccccc3)cc21. The fourth-order valence-corrected chi connectivity index (χ4v) is 8.89. The first-order chi connectivity index (χ1) is 24.0. The Morgan fingerprint density at radius 1 is 0.490 bits per heavy atom. The zero-order chi connectivity index (χ0) is 32.7. The molecule has 2 nitrogen and oxygen atoms in total. The highest BCUT2D eigenvalue weighted by molar-refractivity contribution is 7.21. The van der Waals surface area contributed by atoms with Crippen molar-refractivity contribution < 1.29 is 0 Å². The Balaban J connectivity index is 1.11. The van der Waals surface area contributed by atoms with Crippen LogP contribution < -0.4 is 0 Å². The molecular weight excluding hydrogens is 613 g/mol. The number of aromatic nitrogens is 2. The molecule has 0 N–H and O–H groups in total. The van der Waals surface area contributed by atoms with Gasteiger partial charge in [0, 0.05) is 27.4 Å². The van der Waals surface area contributed by atoms with Crippen molar-refractivity contribution in [1.29, 1.82) is 0 Å². The third kappa shape index (κ3) is 4.36. The molecule has 1 aliphatic rings. The summed E-state index contributed by atoms with van der Waals surface area (Å²) in [5, 5.41) is 3.56. The van der Waals surface area contributed by atoms with Gasteiger partial charge in [0.1, 0.15) is 5.01 Å². The Labute approximate surface area is 289 Å². The minimum Gasteiger partial charge on any atom is -0.309 e. The highest BCUT2D eigenvalue weighted by atomic mass is 32.1. The molecule has 9 aromatic rings. The molecule has 0 atom stereocenters. The van der Waals surface area contributed by atoms with E-state index in [1.54, 1.807) is 11.3 Å². The maximum absolute atomic E-state index is 4.88. The van der Waals surface area contributed by atoms with Crippen LogP contribution in [0.1, 0.15) is 25.0 Å². The summed E-state index contributed by atoms with van der Waals surface area (Å²) < 4.78 is 3.62. The summed E-state index contributed by atoms with van der Waals surface area (Å²) in [6.45, 7) is 4.70. The molecular formula is C46H32N2S. The lowest BCUT2D eigenvalue weighted by atomic mass is 9.81. The standard InChI is InChI=1S/C46H32N2S/c1-46(2)39-13-7-6-12-35(39)36-23-20-33(28-40(36)46)32-22-25-43-38(27-32)37-26-31(21-24-42(37)48(43)34-10-4-3-5-11-34)29-16-18-30(19-17-29)45-47-41-14-8-9-15-44(41)49-45/h3-28H,1-2H3. The average molecular weight is 645 g/mol. The molecule has 0 amide bonds. The smallest absolute Gasteiger partial charge is 0.124 e. The van der Waals surface area contributed by atoms with Crippen molar-refractivity contribution in [1.82, 2.24) is 9.55 Å². The van der Waals surface area contributed by atoms with E-state index in [0.717, 1.165) is 16.1 Å². The van der Waals surface area contributed by atoms with Crippen molar-refractivity contribution in [3.63, 3.8) is 0 Å². The van der Waals surface area contributed by atoms with Gasteiger partial charge in [-0.15, -0.1) is 11.3 Å². The molecule has 3 heteroatoms. The van der Waals surface area contributed by atoms with Gasteiger partial charge in [-0.05, 0) is 99.1 Å². The van der Waals surface area contributed by atoms with E-state index in [4.69, 9.17) is 4.98 Å². The number of rotatable bonds is 4. The summed E-state index contributed by atoms with van der Waals surface area (Å²) in [7, 11) is 0. The third-order valence-electron chi connectivity index (χ3n) is 10.5. The van der Waals surface area contributed by atoms with E-state index in [1.807, 2.05) is 6.07 Å². The van der Waals surface area contributed by atoms with Crippen LogP contribution >= 0.6 is 11.3 Å². The lowest BCUT2D eigenvalue weighted by Crippen LogP contribution is -2.14. The van der Waals surface area contributed by atoms with Gasteiger partial charge >= 0.3 is 0 Å². The van der Waals surface area contributed by atoms with Crippen molar-refractivity contribution in [2.45, 2.75) is 19.3 Å². The van der Waals surface area contributed by atoms with Crippen LogP contribution in [-0.4, -0.2) is 9.55 Å². The Kier molecular flexibility index (Phi) is 6.12. The van der Waals surface area contributed by atoms with Gasteiger partial charge in [-0.1, -0.05) is 117 Å². The second-order valence-corrected chi connectivity index (χ2v) is 14.7. The van der Waals surface area contributed by atoms with Crippen LogP contribution in [0.2, 0.25) is 0 Å². The highest BCUT2D eigenvalue weighted by Crippen LogP contribution is 2.49. The zero-order valence-corrected chi connectivity index (χ0v) is 28.1. The predicted octanol–water partition coefficient (Wildman–Crippen LogP) is 12.7. The Morgan fingerprint density at radius 2 is 1.06 bits per heavy atom.